The molecule has 0 aliphatic carbocycles. The van der Waals surface area contributed by atoms with Gasteiger partial charge in [-0.1, -0.05) is 0 Å². The molecule has 3 rings (SSSR count). The number of nitrogens with one attached hydrogen (secondary N) is 2. The van der Waals surface area contributed by atoms with Crippen molar-refractivity contribution in [3.05, 3.63) is 24.3 Å². The summed E-state index contributed by atoms with van der Waals surface area (Å²) in [5.74, 6) is 0.0731. The monoisotopic (exact) mass is 273 g/mol. The third-order valence-electron chi connectivity index (χ3n) is 4.47. The fraction of sp³-hybridized carbons (Fsp3) is 0.562. The maximum atomic E-state index is 12.3. The maximum Gasteiger partial charge on any atom is 0.244 e. The van der Waals surface area contributed by atoms with Crippen molar-refractivity contribution in [1.29, 1.82) is 0 Å². The minimum atomic E-state index is -0.409. The molecule has 2 aliphatic heterocycles. The van der Waals surface area contributed by atoms with Gasteiger partial charge in [-0.2, -0.15) is 0 Å². The second kappa shape index (κ2) is 5.44. The lowest BCUT2D eigenvalue weighted by Gasteiger charge is -2.23. The molecule has 0 aromatic heterocycles. The van der Waals surface area contributed by atoms with Crippen molar-refractivity contribution in [2.24, 2.45) is 0 Å². The van der Waals surface area contributed by atoms with Gasteiger partial charge in [0.2, 0.25) is 5.91 Å². The Kier molecular flexibility index (Phi) is 3.66. The van der Waals surface area contributed by atoms with Crippen LogP contribution in [0.3, 0.4) is 0 Å². The summed E-state index contributed by atoms with van der Waals surface area (Å²) >= 11 is 0. The first-order chi connectivity index (χ1) is 9.67. The molecule has 0 spiro atoms. The van der Waals surface area contributed by atoms with Gasteiger partial charge in [0.25, 0.3) is 0 Å². The van der Waals surface area contributed by atoms with Gasteiger partial charge in [0.05, 0.1) is 5.54 Å². The van der Waals surface area contributed by atoms with Crippen molar-refractivity contribution in [2.45, 2.75) is 38.1 Å². The third kappa shape index (κ3) is 2.66. The molecule has 2 fully saturated rings. The van der Waals surface area contributed by atoms with Gasteiger partial charge in [-0.25, -0.2) is 0 Å². The second-order valence-corrected chi connectivity index (χ2v) is 6.06. The zero-order chi connectivity index (χ0) is 14.0. The summed E-state index contributed by atoms with van der Waals surface area (Å²) in [6.45, 7) is 5.20. The second-order valence-electron chi connectivity index (χ2n) is 6.06. The van der Waals surface area contributed by atoms with Gasteiger partial charge in [0, 0.05) is 24.5 Å². The molecular weight excluding hydrogens is 250 g/mol. The Morgan fingerprint density at radius 1 is 1.20 bits per heavy atom. The number of carbonyl (C=O) groups excluding carboxylic acids is 1. The Labute approximate surface area is 120 Å². The van der Waals surface area contributed by atoms with Gasteiger partial charge in [-0.05, 0) is 63.4 Å². The summed E-state index contributed by atoms with van der Waals surface area (Å²) in [5.41, 5.74) is 1.73. The molecule has 2 N–H and O–H groups in total. The number of benzene rings is 1. The molecule has 1 atom stereocenters. The Bertz CT molecular complexity index is 471. The van der Waals surface area contributed by atoms with Crippen molar-refractivity contribution < 1.29 is 4.79 Å². The first kappa shape index (κ1) is 13.4. The molecule has 0 bridgehead atoms. The van der Waals surface area contributed by atoms with Crippen LogP contribution >= 0.6 is 0 Å². The molecule has 20 heavy (non-hydrogen) atoms. The number of amides is 1. The lowest BCUT2D eigenvalue weighted by atomic mass is 9.99. The highest BCUT2D eigenvalue weighted by molar-refractivity contribution is 5.98. The highest BCUT2D eigenvalue weighted by Gasteiger charge is 2.35. The van der Waals surface area contributed by atoms with Crippen molar-refractivity contribution in [2.75, 3.05) is 29.9 Å². The van der Waals surface area contributed by atoms with E-state index in [1.165, 1.54) is 18.5 Å². The van der Waals surface area contributed by atoms with E-state index < -0.39 is 5.54 Å². The van der Waals surface area contributed by atoms with E-state index in [4.69, 9.17) is 0 Å². The average Bonchev–Trinajstić information content (AvgIpc) is 3.11. The molecular formula is C16H23N3O. The summed E-state index contributed by atoms with van der Waals surface area (Å²) in [7, 11) is 0. The summed E-state index contributed by atoms with van der Waals surface area (Å²) in [6.07, 6.45) is 4.54. The van der Waals surface area contributed by atoms with Crippen molar-refractivity contribution in [3.8, 4) is 0 Å². The van der Waals surface area contributed by atoms with Gasteiger partial charge in [0.15, 0.2) is 0 Å². The first-order valence-corrected chi connectivity index (χ1v) is 7.59. The van der Waals surface area contributed by atoms with Gasteiger partial charge < -0.3 is 15.5 Å². The van der Waals surface area contributed by atoms with E-state index in [9.17, 15) is 4.79 Å². The molecule has 4 heteroatoms. The van der Waals surface area contributed by atoms with E-state index in [0.717, 1.165) is 38.2 Å². The zero-order valence-corrected chi connectivity index (χ0v) is 12.1. The van der Waals surface area contributed by atoms with Crippen LogP contribution in [0.15, 0.2) is 24.3 Å². The van der Waals surface area contributed by atoms with E-state index in [1.54, 1.807) is 0 Å². The van der Waals surface area contributed by atoms with E-state index in [2.05, 4.69) is 27.7 Å². The van der Waals surface area contributed by atoms with Crippen LogP contribution in [0.5, 0.6) is 0 Å². The van der Waals surface area contributed by atoms with E-state index in [-0.39, 0.29) is 5.91 Å². The lowest BCUT2D eigenvalue weighted by molar-refractivity contribution is -0.121. The molecule has 1 amide bonds. The minimum absolute atomic E-state index is 0.0731. The predicted octanol–water partition coefficient (Wildman–Crippen LogP) is 2.37. The molecule has 2 heterocycles. The predicted molar refractivity (Wildman–Crippen MR) is 82.2 cm³/mol. The summed E-state index contributed by atoms with van der Waals surface area (Å²) in [6, 6.07) is 8.21. The number of nitrogens with zero attached hydrogens (tertiary/aromatic N) is 1. The summed E-state index contributed by atoms with van der Waals surface area (Å²) in [4.78, 5) is 14.7. The molecule has 2 aliphatic rings. The molecule has 0 radical (unpaired) electrons. The SMILES string of the molecule is CC1(C(=O)Nc2ccc(N3CCCC3)cc2)CCCN1. The largest absolute Gasteiger partial charge is 0.372 e. The molecule has 0 saturated carbocycles. The standard InChI is InChI=1S/C16H23N3O/c1-16(9-4-10-17-16)15(20)18-13-5-7-14(8-6-13)19-11-2-3-12-19/h5-8,17H,2-4,9-12H2,1H3,(H,18,20). The lowest BCUT2D eigenvalue weighted by Crippen LogP contribution is -2.47. The van der Waals surface area contributed by atoms with Gasteiger partial charge in [-0.15, -0.1) is 0 Å². The zero-order valence-electron chi connectivity index (χ0n) is 12.1. The van der Waals surface area contributed by atoms with Crippen molar-refractivity contribution in [3.63, 3.8) is 0 Å². The van der Waals surface area contributed by atoms with Crippen LogP contribution in [0, 0.1) is 0 Å². The van der Waals surface area contributed by atoms with Crippen LogP contribution < -0.4 is 15.5 Å². The maximum absolute atomic E-state index is 12.3. The van der Waals surface area contributed by atoms with Crippen LogP contribution in [0.1, 0.15) is 32.6 Å². The Morgan fingerprint density at radius 2 is 1.90 bits per heavy atom. The molecule has 1 aromatic carbocycles. The summed E-state index contributed by atoms with van der Waals surface area (Å²) < 4.78 is 0. The quantitative estimate of drug-likeness (QED) is 0.888. The number of anilines is 2. The van der Waals surface area contributed by atoms with Crippen LogP contribution in [0.2, 0.25) is 0 Å². The van der Waals surface area contributed by atoms with Crippen molar-refractivity contribution in [1.82, 2.24) is 5.32 Å². The van der Waals surface area contributed by atoms with E-state index in [1.807, 2.05) is 19.1 Å². The van der Waals surface area contributed by atoms with Crippen LogP contribution in [-0.2, 0) is 4.79 Å². The van der Waals surface area contributed by atoms with Gasteiger partial charge in [0.1, 0.15) is 0 Å². The van der Waals surface area contributed by atoms with E-state index in [0.29, 0.717) is 0 Å². The summed E-state index contributed by atoms with van der Waals surface area (Å²) in [5, 5.41) is 6.31. The molecule has 2 saturated heterocycles. The minimum Gasteiger partial charge on any atom is -0.372 e. The van der Waals surface area contributed by atoms with Gasteiger partial charge in [-0.3, -0.25) is 4.79 Å². The number of hydrogen-bond acceptors (Lipinski definition) is 3. The van der Waals surface area contributed by atoms with Crippen LogP contribution in [-0.4, -0.2) is 31.1 Å². The number of carbonyl (C=O) groups is 1. The first-order valence-electron chi connectivity index (χ1n) is 7.59. The normalized spacial score (nSPS) is 25.9. The molecule has 1 unspecified atom stereocenters. The Hall–Kier alpha value is -1.55. The fourth-order valence-corrected chi connectivity index (χ4v) is 3.09. The van der Waals surface area contributed by atoms with Gasteiger partial charge >= 0.3 is 0 Å². The highest BCUT2D eigenvalue weighted by Crippen LogP contribution is 2.24. The molecule has 1 aromatic rings. The molecule has 108 valence electrons. The number of hydrogen-bond donors (Lipinski definition) is 2. The van der Waals surface area contributed by atoms with Crippen molar-refractivity contribution >= 4 is 17.3 Å². The number of rotatable bonds is 3. The third-order valence-corrected chi connectivity index (χ3v) is 4.47. The van der Waals surface area contributed by atoms with Crippen LogP contribution in [0.4, 0.5) is 11.4 Å². The Morgan fingerprint density at radius 3 is 2.50 bits per heavy atom. The van der Waals surface area contributed by atoms with Crippen LogP contribution in [0.25, 0.3) is 0 Å². The Balaban J connectivity index is 1.64. The smallest absolute Gasteiger partial charge is 0.244 e. The fourth-order valence-electron chi connectivity index (χ4n) is 3.09. The van der Waals surface area contributed by atoms with E-state index >= 15 is 0 Å². The molecule has 4 nitrogen and oxygen atoms in total. The topological polar surface area (TPSA) is 44.4 Å². The average molecular weight is 273 g/mol. The highest BCUT2D eigenvalue weighted by atomic mass is 16.2.